The molecule has 0 spiro atoms. The number of ether oxygens (including phenoxy) is 3. The molecule has 8 nitrogen and oxygen atoms in total. The van der Waals surface area contributed by atoms with Gasteiger partial charge in [-0.15, -0.1) is 0 Å². The Morgan fingerprint density at radius 2 is 1.60 bits per heavy atom. The summed E-state index contributed by atoms with van der Waals surface area (Å²) in [5.74, 6) is 1.00. The second kappa shape index (κ2) is 10.8. The van der Waals surface area contributed by atoms with E-state index in [9.17, 15) is 13.2 Å². The van der Waals surface area contributed by atoms with Crippen LogP contribution < -0.4 is 13.7 Å². The van der Waals surface area contributed by atoms with Crippen molar-refractivity contribution < 1.29 is 31.6 Å². The number of carbonyl (C=O) groups is 1. The monoisotopic (exact) mass is 437 g/mol. The molecule has 0 heterocycles. The molecule has 2 rings (SSSR count). The number of rotatable bonds is 11. The van der Waals surface area contributed by atoms with Gasteiger partial charge in [-0.2, -0.15) is 8.42 Å². The third-order valence-corrected chi connectivity index (χ3v) is 4.76. The van der Waals surface area contributed by atoms with E-state index in [4.69, 9.17) is 18.4 Å². The second-order valence-electron chi connectivity index (χ2n) is 6.61. The molecule has 164 valence electrons. The summed E-state index contributed by atoms with van der Waals surface area (Å²) in [6, 6.07) is 12.2. The molecule has 9 heteroatoms. The molecule has 30 heavy (non-hydrogen) atoms. The SMILES string of the molecule is COCCN(Cc1ccc(OC)c(OS(C)(=O)=O)c1)C(=O)Cc1ccc(OC)cc1. The molecule has 0 aromatic heterocycles. The number of amides is 1. The van der Waals surface area contributed by atoms with Crippen molar-refractivity contribution in [1.82, 2.24) is 4.90 Å². The summed E-state index contributed by atoms with van der Waals surface area (Å²) in [5.41, 5.74) is 1.56. The van der Waals surface area contributed by atoms with Crippen LogP contribution in [-0.2, 0) is 32.6 Å². The molecule has 0 saturated carbocycles. The molecule has 1 amide bonds. The zero-order valence-corrected chi connectivity index (χ0v) is 18.4. The van der Waals surface area contributed by atoms with E-state index >= 15 is 0 Å². The maximum absolute atomic E-state index is 12.9. The highest BCUT2D eigenvalue weighted by Crippen LogP contribution is 2.29. The lowest BCUT2D eigenvalue weighted by atomic mass is 10.1. The molecule has 0 bridgehead atoms. The fourth-order valence-corrected chi connectivity index (χ4v) is 3.25. The highest BCUT2D eigenvalue weighted by molar-refractivity contribution is 7.86. The van der Waals surface area contributed by atoms with Crippen LogP contribution in [0, 0.1) is 0 Å². The highest BCUT2D eigenvalue weighted by Gasteiger charge is 2.17. The van der Waals surface area contributed by atoms with Crippen molar-refractivity contribution in [2.45, 2.75) is 13.0 Å². The van der Waals surface area contributed by atoms with Gasteiger partial charge in [0.05, 0.1) is 33.5 Å². The van der Waals surface area contributed by atoms with E-state index in [0.717, 1.165) is 17.6 Å². The first-order chi connectivity index (χ1) is 14.3. The van der Waals surface area contributed by atoms with E-state index < -0.39 is 10.1 Å². The number of methoxy groups -OCH3 is 3. The molecule has 2 aromatic rings. The maximum Gasteiger partial charge on any atom is 0.306 e. The molecule has 0 radical (unpaired) electrons. The van der Waals surface area contributed by atoms with Gasteiger partial charge in [-0.3, -0.25) is 4.79 Å². The van der Waals surface area contributed by atoms with Crippen LogP contribution in [0.1, 0.15) is 11.1 Å². The fourth-order valence-electron chi connectivity index (χ4n) is 2.79. The molecule has 0 atom stereocenters. The number of hydrogen-bond acceptors (Lipinski definition) is 7. The van der Waals surface area contributed by atoms with E-state index in [-0.39, 0.29) is 30.4 Å². The van der Waals surface area contributed by atoms with Crippen LogP contribution in [0.2, 0.25) is 0 Å². The van der Waals surface area contributed by atoms with Crippen LogP contribution >= 0.6 is 0 Å². The number of carbonyl (C=O) groups excluding carboxylic acids is 1. The summed E-state index contributed by atoms with van der Waals surface area (Å²) >= 11 is 0. The molecule has 0 aliphatic rings. The van der Waals surface area contributed by atoms with Crippen LogP contribution in [-0.4, -0.2) is 60.0 Å². The Bertz CT molecular complexity index is 942. The first-order valence-corrected chi connectivity index (χ1v) is 11.0. The van der Waals surface area contributed by atoms with Gasteiger partial charge in [0, 0.05) is 20.2 Å². The average Bonchev–Trinajstić information content (AvgIpc) is 2.70. The Hall–Kier alpha value is -2.78. The van der Waals surface area contributed by atoms with Crippen molar-refractivity contribution in [3.05, 3.63) is 53.6 Å². The Kier molecular flexibility index (Phi) is 8.49. The highest BCUT2D eigenvalue weighted by atomic mass is 32.2. The topological polar surface area (TPSA) is 91.4 Å². The van der Waals surface area contributed by atoms with Gasteiger partial charge in [0.15, 0.2) is 11.5 Å². The van der Waals surface area contributed by atoms with Gasteiger partial charge in [-0.1, -0.05) is 18.2 Å². The fraction of sp³-hybridized carbons (Fsp3) is 0.381. The second-order valence-corrected chi connectivity index (χ2v) is 8.18. The first-order valence-electron chi connectivity index (χ1n) is 9.21. The van der Waals surface area contributed by atoms with Crippen LogP contribution in [0.15, 0.2) is 42.5 Å². The van der Waals surface area contributed by atoms with Crippen molar-refractivity contribution in [1.29, 1.82) is 0 Å². The minimum atomic E-state index is -3.72. The minimum absolute atomic E-state index is 0.0757. The van der Waals surface area contributed by atoms with Crippen LogP contribution in [0.25, 0.3) is 0 Å². The van der Waals surface area contributed by atoms with Gasteiger partial charge < -0.3 is 23.3 Å². The summed E-state index contributed by atoms with van der Waals surface area (Å²) in [7, 11) is 0.855. The van der Waals surface area contributed by atoms with Gasteiger partial charge >= 0.3 is 10.1 Å². The van der Waals surface area contributed by atoms with Crippen molar-refractivity contribution in [2.24, 2.45) is 0 Å². The van der Waals surface area contributed by atoms with Gasteiger partial charge in [-0.05, 0) is 35.4 Å². The zero-order chi connectivity index (χ0) is 22.1. The van der Waals surface area contributed by atoms with Gasteiger partial charge in [0.25, 0.3) is 0 Å². The smallest absolute Gasteiger partial charge is 0.306 e. The van der Waals surface area contributed by atoms with Gasteiger partial charge in [0.2, 0.25) is 5.91 Å². The third-order valence-electron chi connectivity index (χ3n) is 4.28. The molecule has 0 unspecified atom stereocenters. The number of nitrogens with zero attached hydrogens (tertiary/aromatic N) is 1. The molecule has 0 aliphatic carbocycles. The Balaban J connectivity index is 2.20. The largest absolute Gasteiger partial charge is 0.497 e. The lowest BCUT2D eigenvalue weighted by molar-refractivity contribution is -0.131. The van der Waals surface area contributed by atoms with Crippen molar-refractivity contribution >= 4 is 16.0 Å². The summed E-state index contributed by atoms with van der Waals surface area (Å²) in [5, 5.41) is 0. The third kappa shape index (κ3) is 7.23. The van der Waals surface area contributed by atoms with Crippen LogP contribution in [0.3, 0.4) is 0 Å². The molecular weight excluding hydrogens is 410 g/mol. The normalized spacial score (nSPS) is 11.1. The Morgan fingerprint density at radius 1 is 0.933 bits per heavy atom. The molecule has 0 N–H and O–H groups in total. The standard InChI is InChI=1S/C21H27NO7S/c1-26-12-11-22(21(23)14-16-5-8-18(27-2)9-6-16)15-17-7-10-19(28-3)20(13-17)29-30(4,24)25/h5-10,13H,11-12,14-15H2,1-4H3. The lowest BCUT2D eigenvalue weighted by Gasteiger charge is -2.23. The average molecular weight is 438 g/mol. The predicted molar refractivity (Wildman–Crippen MR) is 112 cm³/mol. The predicted octanol–water partition coefficient (Wildman–Crippen LogP) is 2.26. The van der Waals surface area contributed by atoms with Gasteiger partial charge in [-0.25, -0.2) is 0 Å². The first kappa shape index (κ1) is 23.5. The molecule has 2 aromatic carbocycles. The molecular formula is C21H27NO7S. The minimum Gasteiger partial charge on any atom is -0.497 e. The molecule has 0 fully saturated rings. The number of benzene rings is 2. The molecule has 0 saturated heterocycles. The lowest BCUT2D eigenvalue weighted by Crippen LogP contribution is -2.34. The maximum atomic E-state index is 12.9. The van der Waals surface area contributed by atoms with E-state index in [1.54, 1.807) is 49.5 Å². The van der Waals surface area contributed by atoms with Gasteiger partial charge in [0.1, 0.15) is 5.75 Å². The van der Waals surface area contributed by atoms with E-state index in [0.29, 0.717) is 18.7 Å². The van der Waals surface area contributed by atoms with E-state index in [2.05, 4.69) is 0 Å². The van der Waals surface area contributed by atoms with E-state index in [1.807, 2.05) is 12.1 Å². The zero-order valence-electron chi connectivity index (χ0n) is 17.6. The quantitative estimate of drug-likeness (QED) is 0.498. The number of hydrogen-bond donors (Lipinski definition) is 0. The van der Waals surface area contributed by atoms with Crippen LogP contribution in [0.4, 0.5) is 0 Å². The molecule has 0 aliphatic heterocycles. The van der Waals surface area contributed by atoms with Crippen LogP contribution in [0.5, 0.6) is 17.2 Å². The van der Waals surface area contributed by atoms with Crippen molar-refractivity contribution in [2.75, 3.05) is 40.7 Å². The van der Waals surface area contributed by atoms with E-state index in [1.165, 1.54) is 7.11 Å². The Labute approximate surface area is 177 Å². The van der Waals surface area contributed by atoms with Crippen molar-refractivity contribution in [3.8, 4) is 17.2 Å². The summed E-state index contributed by atoms with van der Waals surface area (Å²) in [4.78, 5) is 14.6. The summed E-state index contributed by atoms with van der Waals surface area (Å²) in [6.07, 6.45) is 1.18. The summed E-state index contributed by atoms with van der Waals surface area (Å²) < 4.78 is 43.5. The summed E-state index contributed by atoms with van der Waals surface area (Å²) in [6.45, 7) is 1.03. The van der Waals surface area contributed by atoms with Crippen molar-refractivity contribution in [3.63, 3.8) is 0 Å². The Morgan fingerprint density at radius 3 is 2.17 bits per heavy atom.